The third kappa shape index (κ3) is 4.38. The molecule has 0 radical (unpaired) electrons. The lowest BCUT2D eigenvalue weighted by Crippen LogP contribution is -2.40. The maximum atomic E-state index is 11.5. The molecule has 0 bridgehead atoms. The van der Waals surface area contributed by atoms with Crippen LogP contribution in [0, 0.1) is 0 Å². The maximum Gasteiger partial charge on any atom is 0.226 e. The van der Waals surface area contributed by atoms with E-state index in [1.807, 2.05) is 0 Å². The number of hydrogen-bond acceptors (Lipinski definition) is 5. The van der Waals surface area contributed by atoms with Crippen molar-refractivity contribution in [2.24, 2.45) is 0 Å². The van der Waals surface area contributed by atoms with Gasteiger partial charge in [-0.1, -0.05) is 6.07 Å². The van der Waals surface area contributed by atoms with Crippen LogP contribution >= 0.6 is 0 Å². The van der Waals surface area contributed by atoms with Crippen molar-refractivity contribution in [1.29, 1.82) is 0 Å². The zero-order chi connectivity index (χ0) is 12.7. The van der Waals surface area contributed by atoms with Crippen molar-refractivity contribution < 1.29 is 19.7 Å². The van der Waals surface area contributed by atoms with Gasteiger partial charge in [-0.15, -0.1) is 0 Å². The fourth-order valence-electron chi connectivity index (χ4n) is 1.26. The van der Waals surface area contributed by atoms with Crippen LogP contribution in [-0.4, -0.2) is 47.5 Å². The number of nitrogens with zero attached hydrogens (tertiary/aromatic N) is 1. The first-order chi connectivity index (χ1) is 8.19. The van der Waals surface area contributed by atoms with E-state index < -0.39 is 6.04 Å². The van der Waals surface area contributed by atoms with E-state index in [2.05, 4.69) is 10.3 Å². The predicted octanol–water partition coefficient (Wildman–Crippen LogP) is -0.898. The highest BCUT2D eigenvalue weighted by Crippen LogP contribution is 2.06. The average molecular weight is 240 g/mol. The second-order valence-electron chi connectivity index (χ2n) is 3.48. The molecular formula is C11H16N2O4. The Hall–Kier alpha value is -1.66. The van der Waals surface area contributed by atoms with Gasteiger partial charge in [0, 0.05) is 6.07 Å². The summed E-state index contributed by atoms with van der Waals surface area (Å²) in [5, 5.41) is 20.1. The number of methoxy groups -OCH3 is 1. The van der Waals surface area contributed by atoms with Crippen molar-refractivity contribution in [3.63, 3.8) is 0 Å². The number of amides is 1. The Morgan fingerprint density at radius 1 is 1.47 bits per heavy atom. The first-order valence-corrected chi connectivity index (χ1v) is 5.20. The SMILES string of the molecule is COc1cccc(CC(=O)NC(CO)CO)n1. The van der Waals surface area contributed by atoms with Crippen molar-refractivity contribution in [2.75, 3.05) is 20.3 Å². The molecule has 6 nitrogen and oxygen atoms in total. The van der Waals surface area contributed by atoms with E-state index in [9.17, 15) is 4.79 Å². The van der Waals surface area contributed by atoms with Gasteiger partial charge in [0.15, 0.2) is 0 Å². The van der Waals surface area contributed by atoms with Crippen molar-refractivity contribution in [1.82, 2.24) is 10.3 Å². The monoisotopic (exact) mass is 240 g/mol. The number of rotatable bonds is 6. The van der Waals surface area contributed by atoms with Gasteiger partial charge in [-0.25, -0.2) is 4.98 Å². The second-order valence-corrected chi connectivity index (χ2v) is 3.48. The van der Waals surface area contributed by atoms with Crippen molar-refractivity contribution in [2.45, 2.75) is 12.5 Å². The number of nitrogens with one attached hydrogen (secondary N) is 1. The molecular weight excluding hydrogens is 224 g/mol. The molecule has 1 heterocycles. The highest BCUT2D eigenvalue weighted by atomic mass is 16.5. The van der Waals surface area contributed by atoms with Gasteiger partial charge in [-0.05, 0) is 6.07 Å². The number of hydrogen-bond donors (Lipinski definition) is 3. The topological polar surface area (TPSA) is 91.7 Å². The number of ether oxygens (including phenoxy) is 1. The fourth-order valence-corrected chi connectivity index (χ4v) is 1.26. The zero-order valence-electron chi connectivity index (χ0n) is 9.59. The molecule has 0 aromatic carbocycles. The van der Waals surface area contributed by atoms with Gasteiger partial charge in [-0.2, -0.15) is 0 Å². The Kier molecular flexibility index (Phi) is 5.38. The van der Waals surface area contributed by atoms with Crippen molar-refractivity contribution in [3.05, 3.63) is 23.9 Å². The number of carbonyl (C=O) groups excluding carboxylic acids is 1. The van der Waals surface area contributed by atoms with Crippen LogP contribution in [0.4, 0.5) is 0 Å². The molecule has 0 atom stereocenters. The van der Waals surface area contributed by atoms with Crippen molar-refractivity contribution in [3.8, 4) is 5.88 Å². The van der Waals surface area contributed by atoms with Crippen LogP contribution in [0.3, 0.4) is 0 Å². The highest BCUT2D eigenvalue weighted by Gasteiger charge is 2.11. The van der Waals surface area contributed by atoms with Gasteiger partial charge < -0.3 is 20.3 Å². The minimum absolute atomic E-state index is 0.0771. The molecule has 1 rings (SSSR count). The average Bonchev–Trinajstić information content (AvgIpc) is 2.36. The lowest BCUT2D eigenvalue weighted by atomic mass is 10.2. The van der Waals surface area contributed by atoms with E-state index in [1.165, 1.54) is 7.11 Å². The predicted molar refractivity (Wildman–Crippen MR) is 60.6 cm³/mol. The van der Waals surface area contributed by atoms with E-state index in [4.69, 9.17) is 14.9 Å². The smallest absolute Gasteiger partial charge is 0.226 e. The summed E-state index contributed by atoms with van der Waals surface area (Å²) >= 11 is 0. The molecule has 0 aliphatic heterocycles. The standard InChI is InChI=1S/C11H16N2O4/c1-17-11-4-2-3-8(13-11)5-10(16)12-9(6-14)7-15/h2-4,9,14-15H,5-7H2,1H3,(H,12,16). The lowest BCUT2D eigenvalue weighted by molar-refractivity contribution is -0.121. The Bertz CT molecular complexity index is 366. The molecule has 1 aromatic heterocycles. The quantitative estimate of drug-likeness (QED) is 0.599. The van der Waals surface area contributed by atoms with E-state index >= 15 is 0 Å². The van der Waals surface area contributed by atoms with Crippen molar-refractivity contribution >= 4 is 5.91 Å². The fraction of sp³-hybridized carbons (Fsp3) is 0.455. The van der Waals surface area contributed by atoms with Gasteiger partial charge in [0.05, 0.1) is 38.5 Å². The van der Waals surface area contributed by atoms with Crippen LogP contribution in [0.25, 0.3) is 0 Å². The molecule has 0 saturated heterocycles. The van der Waals surface area contributed by atoms with Gasteiger partial charge in [-0.3, -0.25) is 4.79 Å². The maximum absolute atomic E-state index is 11.5. The Morgan fingerprint density at radius 3 is 2.76 bits per heavy atom. The van der Waals surface area contributed by atoms with Gasteiger partial charge in [0.25, 0.3) is 0 Å². The summed E-state index contributed by atoms with van der Waals surface area (Å²) < 4.78 is 4.94. The van der Waals surface area contributed by atoms with E-state index in [-0.39, 0.29) is 25.5 Å². The zero-order valence-corrected chi connectivity index (χ0v) is 9.59. The first-order valence-electron chi connectivity index (χ1n) is 5.20. The number of pyridine rings is 1. The molecule has 94 valence electrons. The summed E-state index contributed by atoms with van der Waals surface area (Å²) in [5.74, 6) is 0.134. The molecule has 17 heavy (non-hydrogen) atoms. The minimum Gasteiger partial charge on any atom is -0.481 e. The van der Waals surface area contributed by atoms with Crippen LogP contribution in [0.15, 0.2) is 18.2 Å². The molecule has 3 N–H and O–H groups in total. The van der Waals surface area contributed by atoms with Crippen LogP contribution in [0.5, 0.6) is 5.88 Å². The normalized spacial score (nSPS) is 10.4. The van der Waals surface area contributed by atoms with Crippen LogP contribution < -0.4 is 10.1 Å². The molecule has 1 aromatic rings. The Balaban J connectivity index is 2.55. The molecule has 0 spiro atoms. The molecule has 6 heteroatoms. The number of carbonyl (C=O) groups is 1. The summed E-state index contributed by atoms with van der Waals surface area (Å²) in [4.78, 5) is 15.6. The van der Waals surface area contributed by atoms with E-state index in [1.54, 1.807) is 18.2 Å². The number of aliphatic hydroxyl groups is 2. The van der Waals surface area contributed by atoms with Gasteiger partial charge in [0.1, 0.15) is 0 Å². The first kappa shape index (κ1) is 13.4. The van der Waals surface area contributed by atoms with Gasteiger partial charge in [0.2, 0.25) is 11.8 Å². The molecule has 0 saturated carbocycles. The largest absolute Gasteiger partial charge is 0.481 e. The van der Waals surface area contributed by atoms with Crippen LogP contribution in [-0.2, 0) is 11.2 Å². The van der Waals surface area contributed by atoms with E-state index in [0.29, 0.717) is 11.6 Å². The Labute approximate surface area is 99.3 Å². The summed E-state index contributed by atoms with van der Waals surface area (Å²) in [6.07, 6.45) is 0.0771. The molecule has 0 aliphatic rings. The van der Waals surface area contributed by atoms with Gasteiger partial charge >= 0.3 is 0 Å². The molecule has 1 amide bonds. The minimum atomic E-state index is -0.631. The summed E-state index contributed by atoms with van der Waals surface area (Å²) in [6.45, 7) is -0.596. The molecule has 0 unspecified atom stereocenters. The molecule has 0 aliphatic carbocycles. The number of aliphatic hydroxyl groups excluding tert-OH is 2. The summed E-state index contributed by atoms with van der Waals surface area (Å²) in [7, 11) is 1.50. The lowest BCUT2D eigenvalue weighted by Gasteiger charge is -2.13. The Morgan fingerprint density at radius 2 is 2.18 bits per heavy atom. The summed E-state index contributed by atoms with van der Waals surface area (Å²) in [5.41, 5.74) is 0.566. The second kappa shape index (κ2) is 6.82. The van der Waals surface area contributed by atoms with E-state index in [0.717, 1.165) is 0 Å². The number of aromatic nitrogens is 1. The third-order valence-corrected chi connectivity index (χ3v) is 2.14. The third-order valence-electron chi connectivity index (χ3n) is 2.14. The summed E-state index contributed by atoms with van der Waals surface area (Å²) in [6, 6.07) is 4.50. The van der Waals surface area contributed by atoms with Crippen LogP contribution in [0.1, 0.15) is 5.69 Å². The molecule has 0 fully saturated rings. The van der Waals surface area contributed by atoms with Crippen LogP contribution in [0.2, 0.25) is 0 Å². The highest BCUT2D eigenvalue weighted by molar-refractivity contribution is 5.78.